The van der Waals surface area contributed by atoms with E-state index in [9.17, 15) is 4.79 Å². The number of aromatic nitrogens is 2. The van der Waals surface area contributed by atoms with Crippen LogP contribution in [-0.4, -0.2) is 33.6 Å². The molecule has 0 unspecified atom stereocenters. The van der Waals surface area contributed by atoms with Crippen LogP contribution in [0.2, 0.25) is 0 Å². The van der Waals surface area contributed by atoms with E-state index in [1.165, 1.54) is 0 Å². The van der Waals surface area contributed by atoms with Crippen molar-refractivity contribution >= 4 is 5.78 Å². The number of rotatable bonds is 6. The highest BCUT2D eigenvalue weighted by Gasteiger charge is 2.22. The highest BCUT2D eigenvalue weighted by Crippen LogP contribution is 2.21. The van der Waals surface area contributed by atoms with Crippen LogP contribution in [0.4, 0.5) is 0 Å². The maximum atomic E-state index is 11.3. The zero-order chi connectivity index (χ0) is 14.5. The van der Waals surface area contributed by atoms with Crippen molar-refractivity contribution in [2.75, 3.05) is 7.05 Å². The molecule has 1 aromatic heterocycles. The second-order valence-corrected chi connectivity index (χ2v) is 5.94. The molecule has 1 aliphatic rings. The minimum absolute atomic E-state index is 0.424. The predicted molar refractivity (Wildman–Crippen MR) is 80.6 cm³/mol. The Hall–Kier alpha value is -1.16. The molecule has 0 saturated heterocycles. The SMILES string of the molecule is CCC(CC)n1ccc(CN(C)C2CCC(=O)CC2)n1. The molecule has 1 heterocycles. The Morgan fingerprint density at radius 1 is 1.35 bits per heavy atom. The van der Waals surface area contributed by atoms with Crippen LogP contribution in [0.1, 0.15) is 64.1 Å². The molecule has 2 rings (SSSR count). The van der Waals surface area contributed by atoms with Gasteiger partial charge >= 0.3 is 0 Å². The van der Waals surface area contributed by atoms with Crippen LogP contribution in [0.3, 0.4) is 0 Å². The Morgan fingerprint density at radius 3 is 2.60 bits per heavy atom. The number of nitrogens with zero attached hydrogens (tertiary/aromatic N) is 3. The monoisotopic (exact) mass is 277 g/mol. The summed E-state index contributed by atoms with van der Waals surface area (Å²) in [5.74, 6) is 0.424. The van der Waals surface area contributed by atoms with E-state index >= 15 is 0 Å². The van der Waals surface area contributed by atoms with Gasteiger partial charge in [-0.15, -0.1) is 0 Å². The average molecular weight is 277 g/mol. The lowest BCUT2D eigenvalue weighted by Gasteiger charge is -2.30. The summed E-state index contributed by atoms with van der Waals surface area (Å²) in [7, 11) is 2.15. The van der Waals surface area contributed by atoms with E-state index < -0.39 is 0 Å². The Bertz CT molecular complexity index is 427. The molecule has 0 aromatic carbocycles. The van der Waals surface area contributed by atoms with Crippen LogP contribution in [0.5, 0.6) is 0 Å². The Kier molecular flexibility index (Phi) is 5.35. The highest BCUT2D eigenvalue weighted by molar-refractivity contribution is 5.79. The van der Waals surface area contributed by atoms with Gasteiger partial charge < -0.3 is 0 Å². The van der Waals surface area contributed by atoms with E-state index in [1.807, 2.05) is 0 Å². The van der Waals surface area contributed by atoms with E-state index in [4.69, 9.17) is 5.10 Å². The van der Waals surface area contributed by atoms with E-state index in [1.54, 1.807) is 0 Å². The number of carbonyl (C=O) groups is 1. The number of Topliss-reactive ketones (excluding diaryl/α,β-unsaturated/α-hetero) is 1. The van der Waals surface area contributed by atoms with Gasteiger partial charge in [0.15, 0.2) is 0 Å². The summed E-state index contributed by atoms with van der Waals surface area (Å²) >= 11 is 0. The standard InChI is InChI=1S/C16H27N3O/c1-4-14(5-2)19-11-10-13(17-19)12-18(3)15-6-8-16(20)9-7-15/h10-11,14-15H,4-9,12H2,1-3H3. The summed E-state index contributed by atoms with van der Waals surface area (Å²) in [4.78, 5) is 13.7. The third-order valence-corrected chi connectivity index (χ3v) is 4.53. The molecule has 0 aliphatic heterocycles. The lowest BCUT2D eigenvalue weighted by atomic mass is 9.93. The predicted octanol–water partition coefficient (Wildman–Crippen LogP) is 3.19. The van der Waals surface area contributed by atoms with Gasteiger partial charge in [0.2, 0.25) is 0 Å². The van der Waals surface area contributed by atoms with Crippen molar-refractivity contribution in [2.45, 2.75) is 71.0 Å². The van der Waals surface area contributed by atoms with Crippen LogP contribution in [0, 0.1) is 0 Å². The molecule has 1 aliphatic carbocycles. The molecule has 1 aromatic rings. The van der Waals surface area contributed by atoms with Crippen LogP contribution in [0.15, 0.2) is 12.3 Å². The zero-order valence-corrected chi connectivity index (χ0v) is 13.0. The summed E-state index contributed by atoms with van der Waals surface area (Å²) in [6.07, 6.45) is 7.85. The van der Waals surface area contributed by atoms with E-state index in [0.29, 0.717) is 17.9 Å². The summed E-state index contributed by atoms with van der Waals surface area (Å²) in [5.41, 5.74) is 1.14. The number of ketones is 1. The zero-order valence-electron chi connectivity index (χ0n) is 13.0. The topological polar surface area (TPSA) is 38.1 Å². The van der Waals surface area contributed by atoms with Crippen molar-refractivity contribution in [3.05, 3.63) is 18.0 Å². The fourth-order valence-corrected chi connectivity index (χ4v) is 3.08. The molecular formula is C16H27N3O. The first-order valence-corrected chi connectivity index (χ1v) is 7.90. The Morgan fingerprint density at radius 2 is 2.00 bits per heavy atom. The fraction of sp³-hybridized carbons (Fsp3) is 0.750. The summed E-state index contributed by atoms with van der Waals surface area (Å²) in [5, 5.41) is 4.71. The lowest BCUT2D eigenvalue weighted by Crippen LogP contribution is -2.35. The summed E-state index contributed by atoms with van der Waals surface area (Å²) in [6.45, 7) is 5.30. The van der Waals surface area contributed by atoms with Gasteiger partial charge in [0.1, 0.15) is 5.78 Å². The molecule has 0 spiro atoms. The van der Waals surface area contributed by atoms with Crippen molar-refractivity contribution in [2.24, 2.45) is 0 Å². The minimum Gasteiger partial charge on any atom is -0.300 e. The number of carbonyl (C=O) groups excluding carboxylic acids is 1. The third-order valence-electron chi connectivity index (χ3n) is 4.53. The van der Waals surface area contributed by atoms with E-state index in [2.05, 4.69) is 42.7 Å². The number of hydrogen-bond donors (Lipinski definition) is 0. The molecule has 0 amide bonds. The fourth-order valence-electron chi connectivity index (χ4n) is 3.08. The molecule has 0 N–H and O–H groups in total. The van der Waals surface area contributed by atoms with Crippen molar-refractivity contribution in [3.8, 4) is 0 Å². The maximum Gasteiger partial charge on any atom is 0.133 e. The van der Waals surface area contributed by atoms with Crippen LogP contribution in [0.25, 0.3) is 0 Å². The smallest absolute Gasteiger partial charge is 0.133 e. The maximum absolute atomic E-state index is 11.3. The van der Waals surface area contributed by atoms with Gasteiger partial charge in [-0.25, -0.2) is 0 Å². The molecule has 20 heavy (non-hydrogen) atoms. The molecule has 112 valence electrons. The van der Waals surface area contributed by atoms with Crippen molar-refractivity contribution in [3.63, 3.8) is 0 Å². The van der Waals surface area contributed by atoms with Crippen LogP contribution in [-0.2, 0) is 11.3 Å². The van der Waals surface area contributed by atoms with Crippen molar-refractivity contribution < 1.29 is 4.79 Å². The van der Waals surface area contributed by atoms with Crippen LogP contribution >= 0.6 is 0 Å². The molecule has 0 bridgehead atoms. The normalized spacial score (nSPS) is 17.4. The molecule has 0 atom stereocenters. The minimum atomic E-state index is 0.424. The number of hydrogen-bond acceptors (Lipinski definition) is 3. The van der Waals surface area contributed by atoms with Gasteiger partial charge in [-0.3, -0.25) is 14.4 Å². The quantitative estimate of drug-likeness (QED) is 0.801. The summed E-state index contributed by atoms with van der Waals surface area (Å²) < 4.78 is 2.10. The average Bonchev–Trinajstić information content (AvgIpc) is 2.89. The first kappa shape index (κ1) is 15.2. The highest BCUT2D eigenvalue weighted by atomic mass is 16.1. The van der Waals surface area contributed by atoms with E-state index in [0.717, 1.165) is 50.8 Å². The molecule has 4 heteroatoms. The van der Waals surface area contributed by atoms with Gasteiger partial charge in [-0.1, -0.05) is 13.8 Å². The second kappa shape index (κ2) is 7.02. The van der Waals surface area contributed by atoms with Gasteiger partial charge in [-0.2, -0.15) is 5.10 Å². The van der Waals surface area contributed by atoms with Crippen molar-refractivity contribution in [1.29, 1.82) is 0 Å². The molecule has 4 nitrogen and oxygen atoms in total. The lowest BCUT2D eigenvalue weighted by molar-refractivity contribution is -0.121. The van der Waals surface area contributed by atoms with Crippen LogP contribution < -0.4 is 0 Å². The summed E-state index contributed by atoms with van der Waals surface area (Å²) in [6, 6.07) is 3.18. The molecule has 0 radical (unpaired) electrons. The van der Waals surface area contributed by atoms with Gasteiger partial charge in [0.05, 0.1) is 11.7 Å². The molecule has 1 fully saturated rings. The Labute approximate surface area is 122 Å². The second-order valence-electron chi connectivity index (χ2n) is 5.94. The van der Waals surface area contributed by atoms with E-state index in [-0.39, 0.29) is 0 Å². The van der Waals surface area contributed by atoms with Gasteiger partial charge in [0.25, 0.3) is 0 Å². The first-order chi connectivity index (χ1) is 9.63. The first-order valence-electron chi connectivity index (χ1n) is 7.90. The van der Waals surface area contributed by atoms with Crippen molar-refractivity contribution in [1.82, 2.24) is 14.7 Å². The third kappa shape index (κ3) is 3.69. The molecule has 1 saturated carbocycles. The van der Waals surface area contributed by atoms with Gasteiger partial charge in [-0.05, 0) is 38.8 Å². The Balaban J connectivity index is 1.91. The molecular weight excluding hydrogens is 250 g/mol. The van der Waals surface area contributed by atoms with Gasteiger partial charge in [0, 0.05) is 31.6 Å². The largest absolute Gasteiger partial charge is 0.300 e.